The molecular weight excluding hydrogens is 200 g/mol. The van der Waals surface area contributed by atoms with Crippen molar-refractivity contribution in [3.63, 3.8) is 0 Å². The van der Waals surface area contributed by atoms with E-state index >= 15 is 0 Å². The summed E-state index contributed by atoms with van der Waals surface area (Å²) in [6, 6.07) is 8.29. The number of esters is 1. The average molecular weight is 214 g/mol. The number of fused-ring (bicyclic) bond motifs is 3. The maximum absolute atomic E-state index is 11.7. The number of hydrogen-bond donors (Lipinski definition) is 0. The number of carbonyl (C=O) groups is 1. The lowest BCUT2D eigenvalue weighted by atomic mass is 9.97. The number of hydrogen-bond acceptors (Lipinski definition) is 2. The molecule has 1 fully saturated rings. The van der Waals surface area contributed by atoms with Crippen LogP contribution in [0.5, 0.6) is 0 Å². The zero-order chi connectivity index (χ0) is 11.1. The van der Waals surface area contributed by atoms with Gasteiger partial charge in [0.1, 0.15) is 0 Å². The lowest BCUT2D eigenvalue weighted by molar-refractivity contribution is -0.145. The second-order valence-electron chi connectivity index (χ2n) is 4.37. The molecule has 2 nitrogen and oxygen atoms in total. The second kappa shape index (κ2) is 3.48. The molecule has 0 amide bonds. The first-order valence-corrected chi connectivity index (χ1v) is 5.76. The Morgan fingerprint density at radius 1 is 1.38 bits per heavy atom. The summed E-state index contributed by atoms with van der Waals surface area (Å²) < 4.78 is 5.10. The van der Waals surface area contributed by atoms with Crippen molar-refractivity contribution < 1.29 is 9.53 Å². The first kappa shape index (κ1) is 9.64. The van der Waals surface area contributed by atoms with E-state index in [0.29, 0.717) is 18.4 Å². The van der Waals surface area contributed by atoms with Crippen LogP contribution in [-0.2, 0) is 9.53 Å². The lowest BCUT2D eigenvalue weighted by Crippen LogP contribution is -2.07. The molecule has 16 heavy (non-hydrogen) atoms. The van der Waals surface area contributed by atoms with Crippen LogP contribution in [0.3, 0.4) is 0 Å². The molecule has 0 spiro atoms. The van der Waals surface area contributed by atoms with Gasteiger partial charge in [-0.1, -0.05) is 36.4 Å². The van der Waals surface area contributed by atoms with E-state index < -0.39 is 0 Å². The first-order valence-electron chi connectivity index (χ1n) is 5.76. The third kappa shape index (κ3) is 1.29. The molecule has 0 aliphatic heterocycles. The van der Waals surface area contributed by atoms with Gasteiger partial charge in [0.15, 0.2) is 0 Å². The fourth-order valence-corrected chi connectivity index (χ4v) is 2.70. The highest BCUT2D eigenvalue weighted by Gasteiger charge is 2.56. The zero-order valence-corrected chi connectivity index (χ0v) is 9.22. The lowest BCUT2D eigenvalue weighted by Gasteiger charge is -2.07. The van der Waals surface area contributed by atoms with Gasteiger partial charge in [0.2, 0.25) is 0 Å². The van der Waals surface area contributed by atoms with Gasteiger partial charge in [-0.3, -0.25) is 4.79 Å². The van der Waals surface area contributed by atoms with Gasteiger partial charge in [-0.15, -0.1) is 0 Å². The monoisotopic (exact) mass is 214 g/mol. The molecule has 1 aromatic rings. The molecule has 2 aliphatic rings. The summed E-state index contributed by atoms with van der Waals surface area (Å²) in [6.07, 6.45) is 4.27. The van der Waals surface area contributed by atoms with Gasteiger partial charge in [-0.05, 0) is 24.0 Å². The van der Waals surface area contributed by atoms with Gasteiger partial charge in [-0.2, -0.15) is 0 Å². The summed E-state index contributed by atoms with van der Waals surface area (Å²) in [5.74, 6) is 0.743. The van der Waals surface area contributed by atoms with Crippen LogP contribution >= 0.6 is 0 Å². The standard InChI is InChI=1S/C14H14O2/c1-2-16-14(15)13-11-8-7-9-5-3-4-6-10(9)12(11)13/h3-8,11-13H,2H2,1H3/t11-,12+,13-/m1/s1. The molecule has 3 atom stereocenters. The van der Waals surface area contributed by atoms with E-state index in [1.165, 1.54) is 11.1 Å². The summed E-state index contributed by atoms with van der Waals surface area (Å²) in [5, 5.41) is 0. The Morgan fingerprint density at radius 2 is 2.19 bits per heavy atom. The van der Waals surface area contributed by atoms with Crippen molar-refractivity contribution in [3.05, 3.63) is 41.5 Å². The van der Waals surface area contributed by atoms with Crippen molar-refractivity contribution in [2.24, 2.45) is 11.8 Å². The number of rotatable bonds is 2. The zero-order valence-electron chi connectivity index (χ0n) is 9.22. The average Bonchev–Trinajstić information content (AvgIpc) is 3.04. The van der Waals surface area contributed by atoms with E-state index in [-0.39, 0.29) is 11.9 Å². The summed E-state index contributed by atoms with van der Waals surface area (Å²) in [6.45, 7) is 2.33. The Labute approximate surface area is 94.9 Å². The molecule has 2 heteroatoms. The fraction of sp³-hybridized carbons (Fsp3) is 0.357. The van der Waals surface area contributed by atoms with Crippen LogP contribution in [0.25, 0.3) is 6.08 Å². The molecular formula is C14H14O2. The second-order valence-corrected chi connectivity index (χ2v) is 4.37. The van der Waals surface area contributed by atoms with Crippen molar-refractivity contribution in [1.82, 2.24) is 0 Å². The number of benzene rings is 1. The van der Waals surface area contributed by atoms with E-state index in [2.05, 4.69) is 24.3 Å². The molecule has 82 valence electrons. The topological polar surface area (TPSA) is 26.3 Å². The molecule has 0 heterocycles. The van der Waals surface area contributed by atoms with Crippen LogP contribution < -0.4 is 0 Å². The fourth-order valence-electron chi connectivity index (χ4n) is 2.70. The van der Waals surface area contributed by atoms with E-state index in [1.54, 1.807) is 0 Å². The smallest absolute Gasteiger partial charge is 0.310 e. The first-order chi connectivity index (χ1) is 7.83. The van der Waals surface area contributed by atoms with Crippen LogP contribution in [0.15, 0.2) is 30.3 Å². The van der Waals surface area contributed by atoms with Crippen LogP contribution in [-0.4, -0.2) is 12.6 Å². The van der Waals surface area contributed by atoms with Crippen molar-refractivity contribution in [3.8, 4) is 0 Å². The minimum Gasteiger partial charge on any atom is -0.466 e. The predicted molar refractivity (Wildman–Crippen MR) is 61.8 cm³/mol. The molecule has 0 saturated heterocycles. The van der Waals surface area contributed by atoms with Gasteiger partial charge in [0.05, 0.1) is 12.5 Å². The molecule has 0 unspecified atom stereocenters. The van der Waals surface area contributed by atoms with E-state index in [1.807, 2.05) is 19.1 Å². The van der Waals surface area contributed by atoms with Crippen molar-refractivity contribution in [2.45, 2.75) is 12.8 Å². The van der Waals surface area contributed by atoms with Gasteiger partial charge >= 0.3 is 5.97 Å². The predicted octanol–water partition coefficient (Wildman–Crippen LogP) is 2.61. The largest absolute Gasteiger partial charge is 0.466 e. The molecule has 3 rings (SSSR count). The highest BCUT2D eigenvalue weighted by Crippen LogP contribution is 2.58. The van der Waals surface area contributed by atoms with Crippen LogP contribution in [0, 0.1) is 11.8 Å². The number of ether oxygens (including phenoxy) is 1. The summed E-state index contributed by atoms with van der Waals surface area (Å²) >= 11 is 0. The van der Waals surface area contributed by atoms with Crippen molar-refractivity contribution in [2.75, 3.05) is 6.61 Å². The van der Waals surface area contributed by atoms with E-state index in [4.69, 9.17) is 4.74 Å². The minimum atomic E-state index is -0.0427. The Morgan fingerprint density at radius 3 is 3.00 bits per heavy atom. The third-order valence-electron chi connectivity index (χ3n) is 3.49. The highest BCUT2D eigenvalue weighted by atomic mass is 16.5. The quantitative estimate of drug-likeness (QED) is 0.707. The summed E-state index contributed by atoms with van der Waals surface area (Å²) in [4.78, 5) is 11.7. The molecule has 0 radical (unpaired) electrons. The summed E-state index contributed by atoms with van der Waals surface area (Å²) in [7, 11) is 0. The van der Waals surface area contributed by atoms with Gasteiger partial charge in [-0.25, -0.2) is 0 Å². The van der Waals surface area contributed by atoms with E-state index in [0.717, 1.165) is 0 Å². The van der Waals surface area contributed by atoms with Gasteiger partial charge in [0, 0.05) is 5.92 Å². The number of allylic oxidation sites excluding steroid dienone is 1. The normalized spacial score (nSPS) is 29.2. The highest BCUT2D eigenvalue weighted by molar-refractivity contribution is 5.81. The Kier molecular flexibility index (Phi) is 2.10. The third-order valence-corrected chi connectivity index (χ3v) is 3.49. The van der Waals surface area contributed by atoms with Crippen molar-refractivity contribution >= 4 is 12.0 Å². The van der Waals surface area contributed by atoms with Crippen LogP contribution in [0.2, 0.25) is 0 Å². The summed E-state index contributed by atoms with van der Waals surface area (Å²) in [5.41, 5.74) is 2.55. The van der Waals surface area contributed by atoms with Gasteiger partial charge < -0.3 is 4.74 Å². The number of carbonyl (C=O) groups excluding carboxylic acids is 1. The van der Waals surface area contributed by atoms with Crippen LogP contribution in [0.1, 0.15) is 24.0 Å². The molecule has 0 aromatic heterocycles. The molecule has 0 N–H and O–H groups in total. The molecule has 1 aromatic carbocycles. The molecule has 2 aliphatic carbocycles. The Bertz CT molecular complexity index is 462. The minimum absolute atomic E-state index is 0.0427. The van der Waals surface area contributed by atoms with Crippen molar-refractivity contribution in [1.29, 1.82) is 0 Å². The Hall–Kier alpha value is -1.57. The maximum Gasteiger partial charge on any atom is 0.310 e. The molecule has 0 bridgehead atoms. The van der Waals surface area contributed by atoms with Crippen LogP contribution in [0.4, 0.5) is 0 Å². The van der Waals surface area contributed by atoms with Gasteiger partial charge in [0.25, 0.3) is 0 Å². The maximum atomic E-state index is 11.7. The van der Waals surface area contributed by atoms with E-state index in [9.17, 15) is 4.79 Å². The SMILES string of the molecule is CCOC(=O)[C@@H]1[C@@H]2C=Cc3ccccc3[C@@H]21. The Balaban J connectivity index is 1.89. The molecule has 1 saturated carbocycles.